The molecule has 54 valence electrons. The smallest absolute Gasteiger partial charge is 0.161 e. The first kappa shape index (κ1) is 12.3. The SMILES string of the molecule is O=[P+](O)CC[P+](=O)O.[Fe]. The van der Waals surface area contributed by atoms with Gasteiger partial charge in [-0.1, -0.05) is 0 Å². The molecule has 0 aliphatic rings. The molecule has 0 rings (SSSR count). The summed E-state index contributed by atoms with van der Waals surface area (Å²) in [6.45, 7) is 0. The van der Waals surface area contributed by atoms with Crippen LogP contribution >= 0.6 is 16.1 Å². The van der Waals surface area contributed by atoms with Crippen LogP contribution in [0.4, 0.5) is 0 Å². The predicted molar refractivity (Wildman–Crippen MR) is 29.4 cm³/mol. The van der Waals surface area contributed by atoms with Crippen LogP contribution in [0.1, 0.15) is 0 Å². The average molecular weight is 212 g/mol. The van der Waals surface area contributed by atoms with Crippen molar-refractivity contribution in [1.82, 2.24) is 0 Å². The van der Waals surface area contributed by atoms with Gasteiger partial charge in [0.1, 0.15) is 0 Å². The summed E-state index contributed by atoms with van der Waals surface area (Å²) < 4.78 is 19.6. The van der Waals surface area contributed by atoms with Gasteiger partial charge in [0, 0.05) is 17.1 Å². The van der Waals surface area contributed by atoms with E-state index in [2.05, 4.69) is 0 Å². The molecular formula is C2H6FeO4P2+2. The minimum atomic E-state index is -2.23. The first-order valence-corrected chi connectivity index (χ1v) is 4.69. The summed E-state index contributed by atoms with van der Waals surface area (Å²) in [5.41, 5.74) is 0. The molecule has 0 amide bonds. The van der Waals surface area contributed by atoms with Gasteiger partial charge in [-0.2, -0.15) is 9.79 Å². The van der Waals surface area contributed by atoms with Gasteiger partial charge in [-0.25, -0.2) is 0 Å². The van der Waals surface area contributed by atoms with E-state index in [9.17, 15) is 9.13 Å². The summed E-state index contributed by atoms with van der Waals surface area (Å²) >= 11 is 0. The third-order valence-electron chi connectivity index (χ3n) is 0.483. The van der Waals surface area contributed by atoms with Crippen molar-refractivity contribution in [2.75, 3.05) is 12.3 Å². The van der Waals surface area contributed by atoms with E-state index < -0.39 is 16.1 Å². The van der Waals surface area contributed by atoms with Gasteiger partial charge < -0.3 is 0 Å². The van der Waals surface area contributed by atoms with Crippen LogP contribution < -0.4 is 0 Å². The molecule has 0 saturated carbocycles. The molecule has 0 spiro atoms. The molecule has 0 aromatic heterocycles. The Labute approximate surface area is 64.9 Å². The second-order valence-electron chi connectivity index (χ2n) is 1.15. The summed E-state index contributed by atoms with van der Waals surface area (Å²) in [5, 5.41) is 0. The van der Waals surface area contributed by atoms with E-state index in [1.54, 1.807) is 0 Å². The van der Waals surface area contributed by atoms with Gasteiger partial charge in [0.15, 0.2) is 0 Å². The molecule has 0 aromatic rings. The van der Waals surface area contributed by atoms with Crippen LogP contribution in [-0.2, 0) is 26.2 Å². The van der Waals surface area contributed by atoms with Crippen LogP contribution in [0.5, 0.6) is 0 Å². The van der Waals surface area contributed by atoms with E-state index in [0.29, 0.717) is 0 Å². The van der Waals surface area contributed by atoms with Gasteiger partial charge in [0.05, 0.1) is 0 Å². The molecule has 0 aromatic carbocycles. The van der Waals surface area contributed by atoms with Crippen molar-refractivity contribution in [1.29, 1.82) is 0 Å². The average Bonchev–Trinajstić information content (AvgIpc) is 1.61. The molecule has 0 aliphatic heterocycles. The van der Waals surface area contributed by atoms with Gasteiger partial charge in [-0.05, 0) is 9.13 Å². The molecular weight excluding hydrogens is 206 g/mol. The maximum absolute atomic E-state index is 9.81. The van der Waals surface area contributed by atoms with Crippen molar-refractivity contribution in [2.45, 2.75) is 0 Å². The Morgan fingerprint density at radius 3 is 1.33 bits per heavy atom. The molecule has 0 aliphatic carbocycles. The van der Waals surface area contributed by atoms with Crippen molar-refractivity contribution in [3.05, 3.63) is 0 Å². The predicted octanol–water partition coefficient (Wildman–Crippen LogP) is 0.453. The zero-order valence-corrected chi connectivity index (χ0v) is 7.27. The maximum Gasteiger partial charge on any atom is 0.510 e. The first-order valence-electron chi connectivity index (χ1n) is 1.90. The fraction of sp³-hybridized carbons (Fsp3) is 1.00. The molecule has 0 saturated heterocycles. The second kappa shape index (κ2) is 6.76. The summed E-state index contributed by atoms with van der Waals surface area (Å²) in [6.07, 6.45) is -0.165. The number of rotatable bonds is 3. The monoisotopic (exact) mass is 212 g/mol. The van der Waals surface area contributed by atoms with Crippen molar-refractivity contribution >= 4 is 16.1 Å². The summed E-state index contributed by atoms with van der Waals surface area (Å²) in [4.78, 5) is 16.1. The fourth-order valence-electron chi connectivity index (χ4n) is 0.171. The largest absolute Gasteiger partial charge is 0.510 e. The van der Waals surface area contributed by atoms with Gasteiger partial charge >= 0.3 is 16.1 Å². The molecule has 2 N–H and O–H groups in total. The Morgan fingerprint density at radius 2 is 1.22 bits per heavy atom. The van der Waals surface area contributed by atoms with Crippen molar-refractivity contribution in [3.8, 4) is 0 Å². The van der Waals surface area contributed by atoms with E-state index >= 15 is 0 Å². The number of hydrogen-bond donors (Lipinski definition) is 2. The zero-order chi connectivity index (χ0) is 6.57. The third kappa shape index (κ3) is 12.0. The molecule has 0 fully saturated rings. The molecule has 0 heterocycles. The van der Waals surface area contributed by atoms with Crippen LogP contribution in [-0.4, -0.2) is 22.1 Å². The van der Waals surface area contributed by atoms with Gasteiger partial charge in [0.2, 0.25) is 12.3 Å². The molecule has 9 heavy (non-hydrogen) atoms. The third-order valence-corrected chi connectivity index (χ3v) is 2.05. The summed E-state index contributed by atoms with van der Waals surface area (Å²) in [6, 6.07) is 0. The Hall–Kier alpha value is 0.639. The Bertz CT molecular complexity index is 101. The standard InChI is InChI=1S/C2H4O4P2.Fe/c3-7(4)1-2-8(5)6;/h1-2H2;/p+2. The second-order valence-corrected chi connectivity index (χ2v) is 3.45. The topological polar surface area (TPSA) is 74.6 Å². The molecule has 0 bridgehead atoms. The van der Waals surface area contributed by atoms with Crippen molar-refractivity contribution < 1.29 is 36.0 Å². The van der Waals surface area contributed by atoms with Crippen LogP contribution in [0.3, 0.4) is 0 Å². The van der Waals surface area contributed by atoms with Gasteiger partial charge in [-0.3, -0.25) is 0 Å². The maximum atomic E-state index is 9.81. The first-order chi connectivity index (χ1) is 3.63. The number of hydrogen-bond acceptors (Lipinski definition) is 2. The Kier molecular flexibility index (Phi) is 9.25. The minimum absolute atomic E-state index is 0. The van der Waals surface area contributed by atoms with Crippen molar-refractivity contribution in [2.24, 2.45) is 0 Å². The van der Waals surface area contributed by atoms with E-state index in [4.69, 9.17) is 9.79 Å². The minimum Gasteiger partial charge on any atom is -0.161 e. The summed E-state index contributed by atoms with van der Waals surface area (Å²) in [5.74, 6) is 0. The molecule has 7 heteroatoms. The van der Waals surface area contributed by atoms with Crippen LogP contribution in [0.2, 0.25) is 0 Å². The molecule has 0 radical (unpaired) electrons. The van der Waals surface area contributed by atoms with E-state index in [1.165, 1.54) is 0 Å². The quantitative estimate of drug-likeness (QED) is 0.526. The van der Waals surface area contributed by atoms with Crippen molar-refractivity contribution in [3.63, 3.8) is 0 Å². The summed E-state index contributed by atoms with van der Waals surface area (Å²) in [7, 11) is -4.45. The van der Waals surface area contributed by atoms with E-state index in [1.807, 2.05) is 0 Å². The Morgan fingerprint density at radius 1 is 1.00 bits per heavy atom. The van der Waals surface area contributed by atoms with E-state index in [0.717, 1.165) is 0 Å². The molecule has 2 atom stereocenters. The van der Waals surface area contributed by atoms with Crippen LogP contribution in [0.25, 0.3) is 0 Å². The van der Waals surface area contributed by atoms with Crippen LogP contribution in [0, 0.1) is 0 Å². The van der Waals surface area contributed by atoms with Gasteiger partial charge in [-0.15, -0.1) is 0 Å². The normalized spacial score (nSPS) is 11.8. The van der Waals surface area contributed by atoms with Gasteiger partial charge in [0.25, 0.3) is 0 Å². The van der Waals surface area contributed by atoms with E-state index in [-0.39, 0.29) is 29.4 Å². The Balaban J connectivity index is 0. The zero-order valence-electron chi connectivity index (χ0n) is 4.37. The molecule has 2 unspecified atom stereocenters. The van der Waals surface area contributed by atoms with Crippen LogP contribution in [0.15, 0.2) is 0 Å². The molecule has 4 nitrogen and oxygen atoms in total. The fourth-order valence-corrected chi connectivity index (χ4v) is 1.54.